The Morgan fingerprint density at radius 2 is 1.90 bits per heavy atom. The number of fused-ring (bicyclic) bond motifs is 2. The van der Waals surface area contributed by atoms with Crippen molar-refractivity contribution in [3.8, 4) is 5.75 Å². The summed E-state index contributed by atoms with van der Waals surface area (Å²) in [6.07, 6.45) is 0. The summed E-state index contributed by atoms with van der Waals surface area (Å²) in [5.74, 6) is -0.285. The van der Waals surface area contributed by atoms with Crippen LogP contribution in [0.3, 0.4) is 0 Å². The number of rotatable bonds is 0. The van der Waals surface area contributed by atoms with Crippen LogP contribution in [0.15, 0.2) is 45.8 Å². The highest BCUT2D eigenvalue weighted by Crippen LogP contribution is 2.36. The van der Waals surface area contributed by atoms with Gasteiger partial charge in [-0.05, 0) is 40.2 Å². The Labute approximate surface area is 126 Å². The average molecular weight is 352 g/mol. The zero-order valence-corrected chi connectivity index (χ0v) is 12.9. The van der Waals surface area contributed by atoms with E-state index in [0.717, 1.165) is 0 Å². The lowest BCUT2D eigenvalue weighted by Gasteiger charge is -2.17. The number of carbonyl (C=O) groups is 1. The molecule has 0 fully saturated rings. The summed E-state index contributed by atoms with van der Waals surface area (Å²) in [6.45, 7) is 0. The summed E-state index contributed by atoms with van der Waals surface area (Å²) in [5, 5.41) is 9.77. The van der Waals surface area contributed by atoms with E-state index >= 15 is 0 Å². The quantitative estimate of drug-likeness (QED) is 0.793. The maximum atomic E-state index is 12.6. The predicted octanol–water partition coefficient (Wildman–Crippen LogP) is 2.86. The molecular formula is C14H10BrNO3S. The molecule has 1 aliphatic heterocycles. The van der Waals surface area contributed by atoms with E-state index in [2.05, 4.69) is 15.9 Å². The minimum absolute atomic E-state index is 0.0452. The summed E-state index contributed by atoms with van der Waals surface area (Å²) in [7, 11) is 0.172. The molecule has 0 bridgehead atoms. The van der Waals surface area contributed by atoms with Crippen LogP contribution in [0.5, 0.6) is 5.75 Å². The lowest BCUT2D eigenvalue weighted by molar-refractivity contribution is 0.103. The maximum Gasteiger partial charge on any atom is 0.196 e. The van der Waals surface area contributed by atoms with Crippen LogP contribution in [0.1, 0.15) is 15.9 Å². The van der Waals surface area contributed by atoms with Crippen molar-refractivity contribution in [3.63, 3.8) is 0 Å². The van der Waals surface area contributed by atoms with E-state index in [9.17, 15) is 14.1 Å². The number of benzene rings is 2. The molecule has 1 aliphatic rings. The first-order valence-electron chi connectivity index (χ1n) is 5.82. The van der Waals surface area contributed by atoms with Crippen molar-refractivity contribution in [2.45, 2.75) is 4.90 Å². The van der Waals surface area contributed by atoms with Gasteiger partial charge in [0.2, 0.25) is 0 Å². The number of halogens is 1. The first-order chi connectivity index (χ1) is 9.50. The lowest BCUT2D eigenvalue weighted by atomic mass is 10.0. The van der Waals surface area contributed by atoms with Crippen LogP contribution in [-0.4, -0.2) is 22.1 Å². The first-order valence-corrected chi connectivity index (χ1v) is 7.72. The number of hydrogen-bond acceptors (Lipinski definition) is 3. The number of phenols is 1. The molecule has 0 radical (unpaired) electrons. The van der Waals surface area contributed by atoms with Crippen LogP contribution in [-0.2, 0) is 11.0 Å². The van der Waals surface area contributed by atoms with Crippen molar-refractivity contribution in [2.24, 2.45) is 0 Å². The van der Waals surface area contributed by atoms with Gasteiger partial charge < -0.3 is 5.11 Å². The van der Waals surface area contributed by atoms with Gasteiger partial charge in [-0.2, -0.15) is 0 Å². The molecule has 1 N–H and O–H groups in total. The van der Waals surface area contributed by atoms with Gasteiger partial charge in [0.15, 0.2) is 16.8 Å². The topological polar surface area (TPSA) is 57.6 Å². The third kappa shape index (κ3) is 1.87. The molecule has 4 nitrogen and oxygen atoms in total. The maximum absolute atomic E-state index is 12.6. The second-order valence-corrected chi connectivity index (χ2v) is 6.73. The average Bonchev–Trinajstić information content (AvgIpc) is 2.53. The van der Waals surface area contributed by atoms with Gasteiger partial charge in [-0.25, -0.2) is 4.21 Å². The number of nitrogens with zero attached hydrogens (tertiary/aromatic N) is 1. The molecule has 0 saturated heterocycles. The van der Waals surface area contributed by atoms with Crippen LogP contribution in [0, 0.1) is 0 Å². The van der Waals surface area contributed by atoms with E-state index in [1.165, 1.54) is 12.1 Å². The molecule has 1 atom stereocenters. The normalized spacial score (nSPS) is 17.4. The van der Waals surface area contributed by atoms with Crippen LogP contribution in [0.4, 0.5) is 5.69 Å². The Hall–Kier alpha value is -1.66. The highest BCUT2D eigenvalue weighted by atomic mass is 79.9. The molecule has 1 unspecified atom stereocenters. The summed E-state index contributed by atoms with van der Waals surface area (Å²) < 4.78 is 14.6. The Morgan fingerprint density at radius 3 is 2.65 bits per heavy atom. The molecule has 2 aromatic carbocycles. The Kier molecular flexibility index (Phi) is 3.14. The summed E-state index contributed by atoms with van der Waals surface area (Å²) in [6, 6.07) is 9.89. The second-order valence-electron chi connectivity index (χ2n) is 4.39. The van der Waals surface area contributed by atoms with Gasteiger partial charge in [-0.3, -0.25) is 9.10 Å². The monoisotopic (exact) mass is 351 g/mol. The number of para-hydroxylation sites is 1. The summed E-state index contributed by atoms with van der Waals surface area (Å²) in [5.41, 5.74) is 1.35. The highest BCUT2D eigenvalue weighted by Gasteiger charge is 2.29. The molecule has 0 spiro atoms. The number of ketones is 1. The highest BCUT2D eigenvalue weighted by molar-refractivity contribution is 9.10. The van der Waals surface area contributed by atoms with Gasteiger partial charge in [0.25, 0.3) is 0 Å². The SMILES string of the molecule is CN1c2ccccc2C(=O)c2cc(O)c(Br)cc2S1=O. The van der Waals surface area contributed by atoms with Crippen LogP contribution >= 0.6 is 15.9 Å². The van der Waals surface area contributed by atoms with Gasteiger partial charge in [-0.15, -0.1) is 0 Å². The van der Waals surface area contributed by atoms with Crippen molar-refractivity contribution in [1.29, 1.82) is 0 Å². The fourth-order valence-corrected chi connectivity index (χ4v) is 3.87. The second kappa shape index (κ2) is 4.71. The Morgan fingerprint density at radius 1 is 1.20 bits per heavy atom. The fraction of sp³-hybridized carbons (Fsp3) is 0.0714. The van der Waals surface area contributed by atoms with Crippen molar-refractivity contribution >= 4 is 38.4 Å². The molecule has 20 heavy (non-hydrogen) atoms. The molecule has 0 saturated carbocycles. The van der Waals surface area contributed by atoms with Gasteiger partial charge in [0, 0.05) is 18.2 Å². The van der Waals surface area contributed by atoms with E-state index in [0.29, 0.717) is 20.6 Å². The largest absolute Gasteiger partial charge is 0.507 e. The van der Waals surface area contributed by atoms with Gasteiger partial charge in [0.05, 0.1) is 15.1 Å². The zero-order valence-electron chi connectivity index (χ0n) is 10.5. The Bertz CT molecular complexity index is 760. The van der Waals surface area contributed by atoms with E-state index in [4.69, 9.17) is 0 Å². The summed E-state index contributed by atoms with van der Waals surface area (Å²) >= 11 is 3.19. The molecule has 0 aliphatic carbocycles. The number of phenolic OH excluding ortho intramolecular Hbond substituents is 1. The third-order valence-electron chi connectivity index (χ3n) is 3.22. The van der Waals surface area contributed by atoms with Crippen molar-refractivity contribution < 1.29 is 14.1 Å². The number of hydrogen-bond donors (Lipinski definition) is 1. The van der Waals surface area contributed by atoms with Crippen LogP contribution in [0.25, 0.3) is 0 Å². The number of carbonyl (C=O) groups excluding carboxylic acids is 1. The standard InChI is InChI=1S/C14H10BrNO3S/c1-16-11-5-3-2-4-8(11)14(18)9-6-12(17)10(15)7-13(9)20(16)19/h2-7,17H,1H3. The lowest BCUT2D eigenvalue weighted by Crippen LogP contribution is -2.20. The predicted molar refractivity (Wildman–Crippen MR) is 80.5 cm³/mol. The van der Waals surface area contributed by atoms with E-state index in [1.54, 1.807) is 35.6 Å². The third-order valence-corrected chi connectivity index (χ3v) is 5.26. The fourth-order valence-electron chi connectivity index (χ4n) is 2.19. The van der Waals surface area contributed by atoms with Crippen molar-refractivity contribution in [3.05, 3.63) is 52.0 Å². The smallest absolute Gasteiger partial charge is 0.196 e. The molecule has 3 rings (SSSR count). The minimum Gasteiger partial charge on any atom is -0.507 e. The molecular weight excluding hydrogens is 342 g/mol. The van der Waals surface area contributed by atoms with Crippen LogP contribution in [0.2, 0.25) is 0 Å². The van der Waals surface area contributed by atoms with Gasteiger partial charge >= 0.3 is 0 Å². The molecule has 1 heterocycles. The van der Waals surface area contributed by atoms with E-state index in [-0.39, 0.29) is 17.1 Å². The number of anilines is 1. The summed E-state index contributed by atoms with van der Waals surface area (Å²) in [4.78, 5) is 13.0. The molecule has 0 aromatic heterocycles. The Balaban J connectivity index is 2.36. The molecule has 102 valence electrons. The zero-order chi connectivity index (χ0) is 14.4. The number of aromatic hydroxyl groups is 1. The van der Waals surface area contributed by atoms with Gasteiger partial charge in [0.1, 0.15) is 5.75 Å². The van der Waals surface area contributed by atoms with Crippen molar-refractivity contribution in [1.82, 2.24) is 0 Å². The van der Waals surface area contributed by atoms with Crippen molar-refractivity contribution in [2.75, 3.05) is 11.4 Å². The molecule has 2 aromatic rings. The molecule has 6 heteroatoms. The van der Waals surface area contributed by atoms with Gasteiger partial charge in [-0.1, -0.05) is 12.1 Å². The molecule has 0 amide bonds. The van der Waals surface area contributed by atoms with E-state index in [1.807, 2.05) is 0 Å². The first kappa shape index (κ1) is 13.3. The van der Waals surface area contributed by atoms with Crippen LogP contribution < -0.4 is 4.31 Å². The minimum atomic E-state index is -1.51. The van der Waals surface area contributed by atoms with E-state index < -0.39 is 11.0 Å².